The first-order chi connectivity index (χ1) is 8.61. The maximum Gasteiger partial charge on any atom is 0.274 e. The van der Waals surface area contributed by atoms with Gasteiger partial charge in [-0.15, -0.1) is 11.3 Å². The van der Waals surface area contributed by atoms with Crippen LogP contribution in [0.15, 0.2) is 17.8 Å². The third-order valence-corrected chi connectivity index (χ3v) is 3.42. The van der Waals surface area contributed by atoms with Crippen molar-refractivity contribution in [2.75, 3.05) is 5.73 Å². The molecule has 0 fully saturated rings. The van der Waals surface area contributed by atoms with E-state index in [0.717, 1.165) is 11.4 Å². The molecule has 1 atom stereocenters. The van der Waals surface area contributed by atoms with Crippen LogP contribution in [0.5, 0.6) is 0 Å². The fourth-order valence-corrected chi connectivity index (χ4v) is 2.43. The van der Waals surface area contributed by atoms with Crippen molar-refractivity contribution < 1.29 is 4.79 Å². The smallest absolute Gasteiger partial charge is 0.274 e. The number of amides is 1. The van der Waals surface area contributed by atoms with Crippen molar-refractivity contribution in [2.45, 2.75) is 19.4 Å². The van der Waals surface area contributed by atoms with Gasteiger partial charge in [0, 0.05) is 24.8 Å². The quantitative estimate of drug-likeness (QED) is 0.873. The fraction of sp³-hybridized carbons (Fsp3) is 0.364. The van der Waals surface area contributed by atoms with Crippen LogP contribution in [0.1, 0.15) is 34.9 Å². The lowest BCUT2D eigenvalue weighted by molar-refractivity contribution is 0.0930. The molecule has 1 unspecified atom stereocenters. The number of nitrogens with two attached hydrogens (primary N) is 1. The third-order valence-electron chi connectivity index (χ3n) is 2.54. The van der Waals surface area contributed by atoms with E-state index < -0.39 is 0 Å². The van der Waals surface area contributed by atoms with Gasteiger partial charge in [0.05, 0.1) is 11.7 Å². The van der Waals surface area contributed by atoms with Crippen molar-refractivity contribution in [3.8, 4) is 0 Å². The van der Waals surface area contributed by atoms with Gasteiger partial charge in [0.25, 0.3) is 5.91 Å². The summed E-state index contributed by atoms with van der Waals surface area (Å²) in [5, 5.41) is 9.71. The van der Waals surface area contributed by atoms with Gasteiger partial charge in [0.2, 0.25) is 0 Å². The first kappa shape index (κ1) is 12.6. The van der Waals surface area contributed by atoms with Crippen LogP contribution in [0, 0.1) is 0 Å². The minimum Gasteiger partial charge on any atom is -0.396 e. The Labute approximate surface area is 109 Å². The van der Waals surface area contributed by atoms with Crippen molar-refractivity contribution in [3.05, 3.63) is 28.5 Å². The number of thiazole rings is 1. The average Bonchev–Trinajstić information content (AvgIpc) is 2.95. The number of aromatic nitrogens is 3. The van der Waals surface area contributed by atoms with Crippen LogP contribution in [0.4, 0.5) is 5.69 Å². The Kier molecular flexibility index (Phi) is 3.61. The first-order valence-electron chi connectivity index (χ1n) is 5.61. The Bertz CT molecular complexity index is 534. The molecule has 96 valence electrons. The average molecular weight is 265 g/mol. The molecule has 0 saturated carbocycles. The summed E-state index contributed by atoms with van der Waals surface area (Å²) in [5.74, 6) is -0.268. The molecule has 2 rings (SSSR count). The predicted molar refractivity (Wildman–Crippen MR) is 70.2 cm³/mol. The van der Waals surface area contributed by atoms with E-state index in [0.29, 0.717) is 5.69 Å². The molecule has 7 heteroatoms. The molecule has 0 bridgehead atoms. The number of hydrogen-bond donors (Lipinski definition) is 2. The molecule has 2 aromatic heterocycles. The molecule has 0 aliphatic rings. The van der Waals surface area contributed by atoms with Crippen molar-refractivity contribution in [2.24, 2.45) is 7.05 Å². The monoisotopic (exact) mass is 265 g/mol. The van der Waals surface area contributed by atoms with Gasteiger partial charge in [-0.1, -0.05) is 6.92 Å². The zero-order valence-corrected chi connectivity index (χ0v) is 11.1. The molecule has 1 amide bonds. The van der Waals surface area contributed by atoms with Crippen LogP contribution in [-0.4, -0.2) is 20.7 Å². The van der Waals surface area contributed by atoms with E-state index in [-0.39, 0.29) is 17.6 Å². The van der Waals surface area contributed by atoms with E-state index in [2.05, 4.69) is 15.4 Å². The molecule has 0 saturated heterocycles. The summed E-state index contributed by atoms with van der Waals surface area (Å²) >= 11 is 1.52. The standard InChI is InChI=1S/C11H15N5OS/c1-3-8(11-13-4-5-18-11)14-10(17)9-7(12)6-16(2)15-9/h4-6,8H,3,12H2,1-2H3,(H,14,17). The zero-order valence-electron chi connectivity index (χ0n) is 10.3. The summed E-state index contributed by atoms with van der Waals surface area (Å²) in [4.78, 5) is 16.3. The predicted octanol–water partition coefficient (Wildman–Crippen LogP) is 1.34. The largest absolute Gasteiger partial charge is 0.396 e. The molecular formula is C11H15N5OS. The van der Waals surface area contributed by atoms with Gasteiger partial charge in [0.15, 0.2) is 5.69 Å². The number of aryl methyl sites for hydroxylation is 1. The summed E-state index contributed by atoms with van der Waals surface area (Å²) < 4.78 is 1.52. The van der Waals surface area contributed by atoms with Crippen LogP contribution < -0.4 is 11.1 Å². The molecule has 2 heterocycles. The van der Waals surface area contributed by atoms with Gasteiger partial charge < -0.3 is 11.1 Å². The first-order valence-corrected chi connectivity index (χ1v) is 6.49. The molecule has 0 aliphatic heterocycles. The Hall–Kier alpha value is -1.89. The lowest BCUT2D eigenvalue weighted by atomic mass is 10.2. The van der Waals surface area contributed by atoms with Crippen molar-refractivity contribution in [3.63, 3.8) is 0 Å². The number of carbonyl (C=O) groups is 1. The van der Waals surface area contributed by atoms with E-state index in [1.165, 1.54) is 16.0 Å². The molecular weight excluding hydrogens is 250 g/mol. The number of nitrogen functional groups attached to an aromatic ring is 1. The van der Waals surface area contributed by atoms with Crippen LogP contribution in [0.2, 0.25) is 0 Å². The zero-order chi connectivity index (χ0) is 13.1. The highest BCUT2D eigenvalue weighted by Crippen LogP contribution is 2.19. The summed E-state index contributed by atoms with van der Waals surface area (Å²) in [6.45, 7) is 1.99. The lowest BCUT2D eigenvalue weighted by Crippen LogP contribution is -2.29. The van der Waals surface area contributed by atoms with Gasteiger partial charge in [-0.25, -0.2) is 4.98 Å². The van der Waals surface area contributed by atoms with Crippen molar-refractivity contribution in [1.29, 1.82) is 0 Å². The summed E-state index contributed by atoms with van der Waals surface area (Å²) in [5.41, 5.74) is 6.36. The van der Waals surface area contributed by atoms with E-state index in [9.17, 15) is 4.79 Å². The highest BCUT2D eigenvalue weighted by atomic mass is 32.1. The molecule has 2 aromatic rings. The number of anilines is 1. The summed E-state index contributed by atoms with van der Waals surface area (Å²) in [6.07, 6.45) is 4.11. The molecule has 18 heavy (non-hydrogen) atoms. The minimum absolute atomic E-state index is 0.0982. The number of hydrogen-bond acceptors (Lipinski definition) is 5. The van der Waals surface area contributed by atoms with Crippen molar-refractivity contribution in [1.82, 2.24) is 20.1 Å². The molecule has 3 N–H and O–H groups in total. The van der Waals surface area contributed by atoms with E-state index in [1.54, 1.807) is 19.4 Å². The Balaban J connectivity index is 2.13. The topological polar surface area (TPSA) is 85.8 Å². The normalized spacial score (nSPS) is 12.3. The van der Waals surface area contributed by atoms with Crippen LogP contribution in [0.3, 0.4) is 0 Å². The Morgan fingerprint density at radius 3 is 2.94 bits per heavy atom. The van der Waals surface area contributed by atoms with E-state index in [4.69, 9.17) is 5.73 Å². The minimum atomic E-state index is -0.268. The SMILES string of the molecule is CCC(NC(=O)c1nn(C)cc1N)c1nccs1. The molecule has 0 aliphatic carbocycles. The van der Waals surface area contributed by atoms with Crippen LogP contribution in [-0.2, 0) is 7.05 Å². The van der Waals surface area contributed by atoms with E-state index in [1.807, 2.05) is 12.3 Å². The second-order valence-electron chi connectivity index (χ2n) is 3.91. The number of carbonyl (C=O) groups excluding carboxylic acids is 1. The van der Waals surface area contributed by atoms with Gasteiger partial charge >= 0.3 is 0 Å². The Morgan fingerprint density at radius 1 is 1.67 bits per heavy atom. The molecule has 0 radical (unpaired) electrons. The van der Waals surface area contributed by atoms with E-state index >= 15 is 0 Å². The van der Waals surface area contributed by atoms with Gasteiger partial charge in [-0.2, -0.15) is 5.10 Å². The van der Waals surface area contributed by atoms with Crippen LogP contribution in [0.25, 0.3) is 0 Å². The van der Waals surface area contributed by atoms with Crippen LogP contribution >= 0.6 is 11.3 Å². The maximum atomic E-state index is 12.1. The van der Waals surface area contributed by atoms with Gasteiger partial charge in [-0.3, -0.25) is 9.48 Å². The second kappa shape index (κ2) is 5.18. The van der Waals surface area contributed by atoms with Crippen molar-refractivity contribution >= 4 is 22.9 Å². The molecule has 6 nitrogen and oxygen atoms in total. The Morgan fingerprint density at radius 2 is 2.44 bits per heavy atom. The fourth-order valence-electron chi connectivity index (χ4n) is 1.65. The highest BCUT2D eigenvalue weighted by molar-refractivity contribution is 7.09. The highest BCUT2D eigenvalue weighted by Gasteiger charge is 2.19. The van der Waals surface area contributed by atoms with Gasteiger partial charge in [0.1, 0.15) is 5.01 Å². The summed E-state index contributed by atoms with van der Waals surface area (Å²) in [6, 6.07) is -0.0982. The number of nitrogens with zero attached hydrogens (tertiary/aromatic N) is 3. The number of nitrogens with one attached hydrogen (secondary N) is 1. The second-order valence-corrected chi connectivity index (χ2v) is 4.84. The lowest BCUT2D eigenvalue weighted by Gasteiger charge is -2.13. The van der Waals surface area contributed by atoms with Gasteiger partial charge in [-0.05, 0) is 6.42 Å². The maximum absolute atomic E-state index is 12.1. The third kappa shape index (κ3) is 2.51. The number of rotatable bonds is 4. The molecule has 0 spiro atoms. The molecule has 0 aromatic carbocycles. The summed E-state index contributed by atoms with van der Waals surface area (Å²) in [7, 11) is 1.73.